The zero-order chi connectivity index (χ0) is 13.2. The third-order valence-electron chi connectivity index (χ3n) is 3.24. The standard InChI is InChI=1S/C17H14O2/c1-2-19-17(18)15-9-5-8-14-10-12-6-3-4-7-13(12)11-16(14)15/h3-11H,2H2,1H3. The number of esters is 1. The molecule has 3 rings (SSSR count). The van der Waals surface area contributed by atoms with E-state index in [2.05, 4.69) is 24.3 Å². The summed E-state index contributed by atoms with van der Waals surface area (Å²) in [5.74, 6) is -0.261. The number of benzene rings is 3. The van der Waals surface area contributed by atoms with Gasteiger partial charge in [0.2, 0.25) is 0 Å². The van der Waals surface area contributed by atoms with Crippen LogP contribution in [0.4, 0.5) is 0 Å². The molecule has 94 valence electrons. The number of fused-ring (bicyclic) bond motifs is 2. The Hall–Kier alpha value is -2.35. The number of carbonyl (C=O) groups excluding carboxylic acids is 1. The van der Waals surface area contributed by atoms with E-state index in [1.807, 2.05) is 37.3 Å². The molecular formula is C17H14O2. The smallest absolute Gasteiger partial charge is 0.338 e. The number of hydrogen-bond acceptors (Lipinski definition) is 2. The predicted octanol–water partition coefficient (Wildman–Crippen LogP) is 4.17. The van der Waals surface area contributed by atoms with Gasteiger partial charge in [-0.1, -0.05) is 36.4 Å². The van der Waals surface area contributed by atoms with Gasteiger partial charge in [-0.3, -0.25) is 0 Å². The van der Waals surface area contributed by atoms with Gasteiger partial charge in [-0.05, 0) is 46.7 Å². The molecule has 2 nitrogen and oxygen atoms in total. The van der Waals surface area contributed by atoms with Crippen molar-refractivity contribution in [1.29, 1.82) is 0 Å². The third kappa shape index (κ3) is 2.06. The lowest BCUT2D eigenvalue weighted by Gasteiger charge is -2.07. The molecule has 19 heavy (non-hydrogen) atoms. The third-order valence-corrected chi connectivity index (χ3v) is 3.24. The molecule has 2 heteroatoms. The van der Waals surface area contributed by atoms with Crippen LogP contribution in [0.25, 0.3) is 21.5 Å². The first-order valence-electron chi connectivity index (χ1n) is 6.38. The first-order valence-corrected chi connectivity index (χ1v) is 6.38. The van der Waals surface area contributed by atoms with Gasteiger partial charge in [-0.2, -0.15) is 0 Å². The SMILES string of the molecule is CCOC(=O)c1cccc2cc3ccccc3cc12. The van der Waals surface area contributed by atoms with Crippen LogP contribution < -0.4 is 0 Å². The normalized spacial score (nSPS) is 10.8. The molecule has 0 unspecified atom stereocenters. The van der Waals surface area contributed by atoms with Crippen LogP contribution in [0, 0.1) is 0 Å². The van der Waals surface area contributed by atoms with Gasteiger partial charge in [-0.25, -0.2) is 4.79 Å². The van der Waals surface area contributed by atoms with Gasteiger partial charge < -0.3 is 4.74 Å². The molecule has 0 radical (unpaired) electrons. The first kappa shape index (κ1) is 11.7. The minimum Gasteiger partial charge on any atom is -0.462 e. The fourth-order valence-corrected chi connectivity index (χ4v) is 2.35. The molecule has 0 amide bonds. The summed E-state index contributed by atoms with van der Waals surface area (Å²) in [7, 11) is 0. The van der Waals surface area contributed by atoms with Gasteiger partial charge in [0, 0.05) is 0 Å². The second-order valence-corrected chi connectivity index (χ2v) is 4.45. The highest BCUT2D eigenvalue weighted by atomic mass is 16.5. The van der Waals surface area contributed by atoms with Crippen LogP contribution in [0.1, 0.15) is 17.3 Å². The molecule has 0 saturated heterocycles. The molecule has 0 aliphatic heterocycles. The summed E-state index contributed by atoms with van der Waals surface area (Å²) in [4.78, 5) is 12.0. The molecule has 0 atom stereocenters. The van der Waals surface area contributed by atoms with E-state index in [0.717, 1.165) is 16.2 Å². The number of rotatable bonds is 2. The highest BCUT2D eigenvalue weighted by Gasteiger charge is 2.11. The zero-order valence-electron chi connectivity index (χ0n) is 10.7. The maximum absolute atomic E-state index is 12.0. The Balaban J connectivity index is 2.29. The molecule has 3 aromatic rings. The fourth-order valence-electron chi connectivity index (χ4n) is 2.35. The molecule has 0 saturated carbocycles. The quantitative estimate of drug-likeness (QED) is 0.504. The Labute approximate surface area is 111 Å². The van der Waals surface area contributed by atoms with Crippen molar-refractivity contribution in [2.45, 2.75) is 6.92 Å². The lowest BCUT2D eigenvalue weighted by molar-refractivity contribution is 0.0528. The highest BCUT2D eigenvalue weighted by Crippen LogP contribution is 2.25. The van der Waals surface area contributed by atoms with Crippen LogP contribution in [0.2, 0.25) is 0 Å². The fraction of sp³-hybridized carbons (Fsp3) is 0.118. The Kier molecular flexibility index (Phi) is 2.92. The van der Waals surface area contributed by atoms with E-state index >= 15 is 0 Å². The predicted molar refractivity (Wildman–Crippen MR) is 77.4 cm³/mol. The second-order valence-electron chi connectivity index (χ2n) is 4.45. The van der Waals surface area contributed by atoms with Gasteiger partial charge in [0.05, 0.1) is 12.2 Å². The lowest BCUT2D eigenvalue weighted by atomic mass is 10.00. The van der Waals surface area contributed by atoms with Crippen LogP contribution in [0.15, 0.2) is 54.6 Å². The molecular weight excluding hydrogens is 236 g/mol. The molecule has 0 aromatic heterocycles. The lowest BCUT2D eigenvalue weighted by Crippen LogP contribution is -2.05. The van der Waals surface area contributed by atoms with Crippen LogP contribution in [-0.4, -0.2) is 12.6 Å². The zero-order valence-corrected chi connectivity index (χ0v) is 10.7. The van der Waals surface area contributed by atoms with Crippen molar-refractivity contribution < 1.29 is 9.53 Å². The number of ether oxygens (including phenoxy) is 1. The van der Waals surface area contributed by atoms with E-state index in [0.29, 0.717) is 12.2 Å². The van der Waals surface area contributed by atoms with E-state index in [9.17, 15) is 4.79 Å². The van der Waals surface area contributed by atoms with E-state index in [1.165, 1.54) is 5.39 Å². The van der Waals surface area contributed by atoms with Crippen LogP contribution >= 0.6 is 0 Å². The van der Waals surface area contributed by atoms with Gasteiger partial charge >= 0.3 is 5.97 Å². The van der Waals surface area contributed by atoms with Crippen molar-refractivity contribution in [2.75, 3.05) is 6.61 Å². The summed E-state index contributed by atoms with van der Waals surface area (Å²) >= 11 is 0. The molecule has 0 N–H and O–H groups in total. The maximum Gasteiger partial charge on any atom is 0.338 e. The van der Waals surface area contributed by atoms with Gasteiger partial charge in [0.25, 0.3) is 0 Å². The van der Waals surface area contributed by atoms with Gasteiger partial charge in [0.1, 0.15) is 0 Å². The molecule has 0 aliphatic carbocycles. The Morgan fingerprint density at radius 2 is 1.63 bits per heavy atom. The summed E-state index contributed by atoms with van der Waals surface area (Å²) in [5, 5.41) is 4.31. The van der Waals surface area contributed by atoms with Crippen molar-refractivity contribution >= 4 is 27.5 Å². The van der Waals surface area contributed by atoms with Crippen molar-refractivity contribution in [3.63, 3.8) is 0 Å². The Morgan fingerprint density at radius 3 is 2.37 bits per heavy atom. The van der Waals surface area contributed by atoms with Crippen molar-refractivity contribution in [2.24, 2.45) is 0 Å². The van der Waals surface area contributed by atoms with E-state index < -0.39 is 0 Å². The van der Waals surface area contributed by atoms with Crippen LogP contribution in [0.3, 0.4) is 0 Å². The number of carbonyl (C=O) groups is 1. The maximum atomic E-state index is 12.0. The minimum absolute atomic E-state index is 0.261. The first-order chi connectivity index (χ1) is 9.29. The average Bonchev–Trinajstić information content (AvgIpc) is 2.44. The summed E-state index contributed by atoms with van der Waals surface area (Å²) < 4.78 is 5.11. The van der Waals surface area contributed by atoms with E-state index in [-0.39, 0.29) is 5.97 Å². The van der Waals surface area contributed by atoms with Crippen LogP contribution in [-0.2, 0) is 4.74 Å². The molecule has 0 spiro atoms. The summed E-state index contributed by atoms with van der Waals surface area (Å²) in [6.45, 7) is 2.21. The summed E-state index contributed by atoms with van der Waals surface area (Å²) in [6.07, 6.45) is 0. The monoisotopic (exact) mass is 250 g/mol. The second kappa shape index (κ2) is 4.73. The van der Waals surface area contributed by atoms with E-state index in [1.54, 1.807) is 0 Å². The van der Waals surface area contributed by atoms with Crippen molar-refractivity contribution in [1.82, 2.24) is 0 Å². The minimum atomic E-state index is -0.261. The van der Waals surface area contributed by atoms with Crippen molar-refractivity contribution in [3.8, 4) is 0 Å². The molecule has 3 aromatic carbocycles. The number of hydrogen-bond donors (Lipinski definition) is 0. The largest absolute Gasteiger partial charge is 0.462 e. The molecule has 0 bridgehead atoms. The topological polar surface area (TPSA) is 26.3 Å². The van der Waals surface area contributed by atoms with Crippen molar-refractivity contribution in [3.05, 3.63) is 60.2 Å². The average molecular weight is 250 g/mol. The summed E-state index contributed by atoms with van der Waals surface area (Å²) in [6, 6.07) is 18.0. The highest BCUT2D eigenvalue weighted by molar-refractivity contribution is 6.08. The van der Waals surface area contributed by atoms with Gasteiger partial charge in [0.15, 0.2) is 0 Å². The van der Waals surface area contributed by atoms with E-state index in [4.69, 9.17) is 4.74 Å². The molecule has 0 fully saturated rings. The Morgan fingerprint density at radius 1 is 0.947 bits per heavy atom. The molecule has 0 aliphatic rings. The summed E-state index contributed by atoms with van der Waals surface area (Å²) in [5.41, 5.74) is 0.630. The molecule has 0 heterocycles. The van der Waals surface area contributed by atoms with Crippen LogP contribution in [0.5, 0.6) is 0 Å². The van der Waals surface area contributed by atoms with Gasteiger partial charge in [-0.15, -0.1) is 0 Å². The Bertz CT molecular complexity index is 759.